The highest BCUT2D eigenvalue weighted by molar-refractivity contribution is 5.92. The highest BCUT2D eigenvalue weighted by Gasteiger charge is 2.21. The summed E-state index contributed by atoms with van der Waals surface area (Å²) in [4.78, 5) is 17.9. The first kappa shape index (κ1) is 22.1. The van der Waals surface area contributed by atoms with Crippen molar-refractivity contribution < 1.29 is 18.7 Å². The van der Waals surface area contributed by atoms with Gasteiger partial charge in [0.25, 0.3) is 11.4 Å². The molecule has 2 heterocycles. The van der Waals surface area contributed by atoms with E-state index < -0.39 is 0 Å². The molecule has 35 heavy (non-hydrogen) atoms. The third-order valence-electron chi connectivity index (χ3n) is 5.47. The maximum Gasteiger partial charge on any atom is 0.279 e. The molecule has 0 unspecified atom stereocenters. The topological polar surface area (TPSA) is 102 Å². The Balaban J connectivity index is 1.66. The molecule has 0 saturated carbocycles. The Morgan fingerprint density at radius 3 is 2.40 bits per heavy atom. The Hall–Kier alpha value is -4.66. The van der Waals surface area contributed by atoms with Gasteiger partial charge in [0.2, 0.25) is 5.82 Å². The average molecular weight is 470 g/mol. The molecule has 0 aliphatic heterocycles. The van der Waals surface area contributed by atoms with Gasteiger partial charge in [0.1, 0.15) is 5.75 Å². The number of para-hydroxylation sites is 1. The molecule has 5 aromatic rings. The molecule has 0 radical (unpaired) electrons. The maximum atomic E-state index is 13.3. The quantitative estimate of drug-likeness (QED) is 0.342. The molecule has 0 aliphatic carbocycles. The van der Waals surface area contributed by atoms with E-state index in [0.29, 0.717) is 57.4 Å². The lowest BCUT2D eigenvalue weighted by atomic mass is 10.1. The Morgan fingerprint density at radius 1 is 0.914 bits per heavy atom. The fourth-order valence-electron chi connectivity index (χ4n) is 3.86. The molecule has 0 bridgehead atoms. The first-order chi connectivity index (χ1) is 17.1. The van der Waals surface area contributed by atoms with Crippen LogP contribution in [-0.2, 0) is 0 Å². The highest BCUT2D eigenvalue weighted by Crippen LogP contribution is 2.37. The van der Waals surface area contributed by atoms with Gasteiger partial charge in [-0.3, -0.25) is 4.79 Å². The monoisotopic (exact) mass is 470 g/mol. The average Bonchev–Trinajstić information content (AvgIpc) is 3.39. The van der Waals surface area contributed by atoms with E-state index in [4.69, 9.17) is 18.7 Å². The standard InChI is InChI=1S/C26H22N4O5/c1-4-34-17-14-12-16(13-15-17)30-26(31)19-9-6-5-8-18(19)22(28-30)25-27-24(29-35-25)20-10-7-11-21(32-2)23(20)33-3/h5-15H,4H2,1-3H3. The maximum absolute atomic E-state index is 13.3. The summed E-state index contributed by atoms with van der Waals surface area (Å²) < 4.78 is 23.3. The van der Waals surface area contributed by atoms with E-state index in [2.05, 4.69) is 15.2 Å². The van der Waals surface area contributed by atoms with Crippen LogP contribution in [0.25, 0.3) is 39.4 Å². The Kier molecular flexibility index (Phi) is 5.88. The number of rotatable bonds is 7. The van der Waals surface area contributed by atoms with Gasteiger partial charge in [0.15, 0.2) is 17.2 Å². The molecule has 9 heteroatoms. The lowest BCUT2D eigenvalue weighted by molar-refractivity contribution is 0.340. The van der Waals surface area contributed by atoms with Crippen LogP contribution in [0, 0.1) is 0 Å². The Bertz CT molecular complexity index is 1560. The van der Waals surface area contributed by atoms with Crippen LogP contribution in [0.15, 0.2) is 76.0 Å². The molecule has 0 saturated heterocycles. The minimum absolute atomic E-state index is 0.167. The first-order valence-electron chi connectivity index (χ1n) is 10.9. The second kappa shape index (κ2) is 9.30. The van der Waals surface area contributed by atoms with E-state index in [0.717, 1.165) is 0 Å². The van der Waals surface area contributed by atoms with E-state index in [1.165, 1.54) is 4.68 Å². The van der Waals surface area contributed by atoms with Crippen LogP contribution in [0.5, 0.6) is 17.2 Å². The Labute approximate surface area is 200 Å². The van der Waals surface area contributed by atoms with Gasteiger partial charge in [-0.25, -0.2) is 0 Å². The van der Waals surface area contributed by atoms with E-state index >= 15 is 0 Å². The van der Waals surface area contributed by atoms with Crippen LogP contribution in [-0.4, -0.2) is 40.7 Å². The van der Waals surface area contributed by atoms with Crippen LogP contribution >= 0.6 is 0 Å². The van der Waals surface area contributed by atoms with Crippen molar-refractivity contribution in [1.29, 1.82) is 0 Å². The van der Waals surface area contributed by atoms with Gasteiger partial charge in [-0.1, -0.05) is 29.4 Å². The molecule has 5 rings (SSSR count). The molecule has 9 nitrogen and oxygen atoms in total. The molecule has 0 fully saturated rings. The van der Waals surface area contributed by atoms with E-state index in [1.54, 1.807) is 62.8 Å². The summed E-state index contributed by atoms with van der Waals surface area (Å²) in [5, 5.41) is 9.84. The third kappa shape index (κ3) is 3.97. The van der Waals surface area contributed by atoms with Gasteiger partial charge in [0, 0.05) is 5.39 Å². The molecular formula is C26H22N4O5. The molecule has 0 atom stereocenters. The van der Waals surface area contributed by atoms with Crippen molar-refractivity contribution in [2.45, 2.75) is 6.92 Å². The van der Waals surface area contributed by atoms with Crippen molar-refractivity contribution in [3.63, 3.8) is 0 Å². The van der Waals surface area contributed by atoms with Gasteiger partial charge >= 0.3 is 0 Å². The molecule has 0 aliphatic rings. The lowest BCUT2D eigenvalue weighted by Gasteiger charge is -2.10. The number of hydrogen-bond donors (Lipinski definition) is 0. The van der Waals surface area contributed by atoms with Crippen molar-refractivity contribution in [2.75, 3.05) is 20.8 Å². The van der Waals surface area contributed by atoms with Crippen LogP contribution in [0.1, 0.15) is 6.92 Å². The summed E-state index contributed by atoms with van der Waals surface area (Å²) >= 11 is 0. The zero-order chi connectivity index (χ0) is 24.4. The molecule has 3 aromatic carbocycles. The van der Waals surface area contributed by atoms with Crippen molar-refractivity contribution >= 4 is 10.8 Å². The van der Waals surface area contributed by atoms with Crippen LogP contribution in [0.3, 0.4) is 0 Å². The first-order valence-corrected chi connectivity index (χ1v) is 10.9. The summed E-state index contributed by atoms with van der Waals surface area (Å²) in [6, 6.07) is 19.7. The van der Waals surface area contributed by atoms with Crippen molar-refractivity contribution in [3.8, 4) is 45.9 Å². The summed E-state index contributed by atoms with van der Waals surface area (Å²) in [6.07, 6.45) is 0. The largest absolute Gasteiger partial charge is 0.494 e. The zero-order valence-electron chi connectivity index (χ0n) is 19.4. The van der Waals surface area contributed by atoms with E-state index in [-0.39, 0.29) is 11.4 Å². The van der Waals surface area contributed by atoms with E-state index in [1.807, 2.05) is 25.1 Å². The molecule has 0 spiro atoms. The molecule has 2 aromatic heterocycles. The van der Waals surface area contributed by atoms with Crippen LogP contribution in [0.2, 0.25) is 0 Å². The SMILES string of the molecule is CCOc1ccc(-n2nc(-c3nc(-c4cccc(OC)c4OC)no3)c3ccccc3c2=O)cc1. The minimum Gasteiger partial charge on any atom is -0.494 e. The third-order valence-corrected chi connectivity index (χ3v) is 5.47. The fourth-order valence-corrected chi connectivity index (χ4v) is 3.86. The van der Waals surface area contributed by atoms with Gasteiger partial charge < -0.3 is 18.7 Å². The summed E-state index contributed by atoms with van der Waals surface area (Å²) in [6.45, 7) is 2.46. The Morgan fingerprint density at radius 2 is 1.69 bits per heavy atom. The number of ether oxygens (including phenoxy) is 3. The molecular weight excluding hydrogens is 448 g/mol. The smallest absolute Gasteiger partial charge is 0.279 e. The summed E-state index contributed by atoms with van der Waals surface area (Å²) in [7, 11) is 3.10. The van der Waals surface area contributed by atoms with E-state index in [9.17, 15) is 4.79 Å². The molecule has 0 N–H and O–H groups in total. The van der Waals surface area contributed by atoms with Gasteiger partial charge in [-0.15, -0.1) is 0 Å². The van der Waals surface area contributed by atoms with Crippen LogP contribution in [0.4, 0.5) is 0 Å². The van der Waals surface area contributed by atoms with Crippen molar-refractivity contribution in [2.24, 2.45) is 0 Å². The number of benzene rings is 3. The number of nitrogens with zero attached hydrogens (tertiary/aromatic N) is 4. The molecule has 0 amide bonds. The van der Waals surface area contributed by atoms with Crippen LogP contribution < -0.4 is 19.8 Å². The zero-order valence-corrected chi connectivity index (χ0v) is 19.4. The molecule has 176 valence electrons. The number of aromatic nitrogens is 4. The van der Waals surface area contributed by atoms with Gasteiger partial charge in [-0.2, -0.15) is 14.8 Å². The minimum atomic E-state index is -0.261. The summed E-state index contributed by atoms with van der Waals surface area (Å²) in [5.41, 5.74) is 1.31. The highest BCUT2D eigenvalue weighted by atomic mass is 16.5. The van der Waals surface area contributed by atoms with Crippen molar-refractivity contribution in [3.05, 3.63) is 77.1 Å². The summed E-state index contributed by atoms with van der Waals surface area (Å²) in [5.74, 6) is 2.21. The predicted molar refractivity (Wildman–Crippen MR) is 130 cm³/mol. The second-order valence-corrected chi connectivity index (χ2v) is 7.50. The van der Waals surface area contributed by atoms with Gasteiger partial charge in [-0.05, 0) is 49.4 Å². The fraction of sp³-hybridized carbons (Fsp3) is 0.154. The normalized spacial score (nSPS) is 10.9. The lowest BCUT2D eigenvalue weighted by Crippen LogP contribution is -2.22. The second-order valence-electron chi connectivity index (χ2n) is 7.50. The predicted octanol–water partition coefficient (Wildman–Crippen LogP) is 4.52. The van der Waals surface area contributed by atoms with Gasteiger partial charge in [0.05, 0.1) is 37.5 Å². The number of fused-ring (bicyclic) bond motifs is 1. The van der Waals surface area contributed by atoms with Crippen molar-refractivity contribution in [1.82, 2.24) is 19.9 Å². The number of methoxy groups -OCH3 is 2. The number of hydrogen-bond acceptors (Lipinski definition) is 8.